The molecular weight excluding hydrogens is 366 g/mol. The van der Waals surface area contributed by atoms with Gasteiger partial charge in [-0.2, -0.15) is 0 Å². The van der Waals surface area contributed by atoms with E-state index in [-0.39, 0.29) is 5.91 Å². The van der Waals surface area contributed by atoms with Crippen LogP contribution in [0.15, 0.2) is 36.5 Å². The first-order valence-corrected chi connectivity index (χ1v) is 10.8. The molecule has 2 fully saturated rings. The summed E-state index contributed by atoms with van der Waals surface area (Å²) < 4.78 is 13.8. The van der Waals surface area contributed by atoms with E-state index in [4.69, 9.17) is 14.5 Å². The Kier molecular flexibility index (Phi) is 6.19. The molecule has 1 unspecified atom stereocenters. The lowest BCUT2D eigenvalue weighted by Crippen LogP contribution is -2.45. The molecule has 0 aliphatic carbocycles. The number of aromatic nitrogens is 2. The second-order valence-corrected chi connectivity index (χ2v) is 8.14. The molecule has 156 valence electrons. The summed E-state index contributed by atoms with van der Waals surface area (Å²) in [6.07, 6.45) is 5.53. The summed E-state index contributed by atoms with van der Waals surface area (Å²) in [6.45, 7) is 7.15. The van der Waals surface area contributed by atoms with E-state index in [0.717, 1.165) is 57.7 Å². The second-order valence-electron chi connectivity index (χ2n) is 8.14. The smallest absolute Gasteiger partial charge is 0.263 e. The summed E-state index contributed by atoms with van der Waals surface area (Å²) in [4.78, 5) is 19.5. The number of hydrogen-bond donors (Lipinski definition) is 0. The summed E-state index contributed by atoms with van der Waals surface area (Å²) in [5.41, 5.74) is 1.22. The van der Waals surface area contributed by atoms with Gasteiger partial charge in [0.2, 0.25) is 0 Å². The molecule has 3 heterocycles. The highest BCUT2D eigenvalue weighted by Crippen LogP contribution is 2.32. The van der Waals surface area contributed by atoms with Gasteiger partial charge in [0.05, 0.1) is 0 Å². The number of nitrogens with zero attached hydrogens (tertiary/aromatic N) is 3. The van der Waals surface area contributed by atoms with Gasteiger partial charge in [-0.05, 0) is 51.7 Å². The first-order valence-electron chi connectivity index (χ1n) is 10.8. The van der Waals surface area contributed by atoms with Crippen LogP contribution in [-0.4, -0.2) is 52.8 Å². The molecule has 0 radical (unpaired) electrons. The molecule has 2 aliphatic rings. The van der Waals surface area contributed by atoms with Crippen LogP contribution in [-0.2, 0) is 9.53 Å². The van der Waals surface area contributed by atoms with Crippen molar-refractivity contribution in [1.82, 2.24) is 14.5 Å². The summed E-state index contributed by atoms with van der Waals surface area (Å²) in [5.74, 6) is 2.49. The van der Waals surface area contributed by atoms with E-state index < -0.39 is 6.10 Å². The fourth-order valence-electron chi connectivity index (χ4n) is 4.55. The van der Waals surface area contributed by atoms with Crippen molar-refractivity contribution >= 4 is 5.91 Å². The van der Waals surface area contributed by atoms with Gasteiger partial charge in [0, 0.05) is 50.2 Å². The third kappa shape index (κ3) is 4.47. The van der Waals surface area contributed by atoms with Gasteiger partial charge in [0.15, 0.2) is 6.10 Å². The molecule has 1 aromatic carbocycles. The lowest BCUT2D eigenvalue weighted by molar-refractivity contribution is -0.139. The predicted molar refractivity (Wildman–Crippen MR) is 111 cm³/mol. The molecule has 0 N–H and O–H groups in total. The number of piperidine rings is 1. The predicted octanol–water partition coefficient (Wildman–Crippen LogP) is 3.72. The number of amides is 1. The molecule has 2 aromatic rings. The van der Waals surface area contributed by atoms with Gasteiger partial charge in [0.1, 0.15) is 11.6 Å². The standard InChI is InChI=1S/C23H31N3O3/c1-17-16-24-22(19-10-14-28-15-11-19)26(17)20-8-12-25(13-9-20)23(27)18(2)29-21-6-4-3-5-7-21/h3-7,16,18-20H,8-15H2,1-2H3. The van der Waals surface area contributed by atoms with Gasteiger partial charge in [-0.15, -0.1) is 0 Å². The molecule has 4 rings (SSSR count). The minimum Gasteiger partial charge on any atom is -0.481 e. The lowest BCUT2D eigenvalue weighted by atomic mass is 9.97. The Morgan fingerprint density at radius 1 is 1.14 bits per heavy atom. The molecule has 0 spiro atoms. The normalized spacial score (nSPS) is 19.9. The van der Waals surface area contributed by atoms with E-state index in [1.54, 1.807) is 0 Å². The summed E-state index contributed by atoms with van der Waals surface area (Å²) in [7, 11) is 0. The van der Waals surface area contributed by atoms with Gasteiger partial charge in [0.25, 0.3) is 5.91 Å². The highest BCUT2D eigenvalue weighted by atomic mass is 16.5. The van der Waals surface area contributed by atoms with Crippen molar-refractivity contribution in [1.29, 1.82) is 0 Å². The van der Waals surface area contributed by atoms with Crippen LogP contribution >= 0.6 is 0 Å². The molecule has 29 heavy (non-hydrogen) atoms. The number of aryl methyl sites for hydroxylation is 1. The van der Waals surface area contributed by atoms with Crippen LogP contribution in [0, 0.1) is 6.92 Å². The van der Waals surface area contributed by atoms with Gasteiger partial charge in [-0.25, -0.2) is 4.98 Å². The van der Waals surface area contributed by atoms with Crippen LogP contribution in [0.4, 0.5) is 0 Å². The summed E-state index contributed by atoms with van der Waals surface area (Å²) in [5, 5.41) is 0. The zero-order chi connectivity index (χ0) is 20.2. The van der Waals surface area contributed by atoms with Crippen molar-refractivity contribution in [2.75, 3.05) is 26.3 Å². The molecule has 2 saturated heterocycles. The Hall–Kier alpha value is -2.34. The largest absolute Gasteiger partial charge is 0.481 e. The molecule has 0 saturated carbocycles. The average molecular weight is 398 g/mol. The van der Waals surface area contributed by atoms with Gasteiger partial charge in [-0.1, -0.05) is 18.2 Å². The SMILES string of the molecule is Cc1cnc(C2CCOCC2)n1C1CCN(C(=O)C(C)Oc2ccccc2)CC1. The van der Waals surface area contributed by atoms with Crippen LogP contribution in [0.1, 0.15) is 56.1 Å². The molecule has 6 heteroatoms. The van der Waals surface area contributed by atoms with E-state index in [0.29, 0.717) is 12.0 Å². The Morgan fingerprint density at radius 3 is 2.52 bits per heavy atom. The molecular formula is C23H31N3O3. The number of rotatable bonds is 5. The van der Waals surface area contributed by atoms with Gasteiger partial charge < -0.3 is 18.9 Å². The maximum atomic E-state index is 12.8. The molecule has 6 nitrogen and oxygen atoms in total. The maximum Gasteiger partial charge on any atom is 0.263 e. The number of carbonyl (C=O) groups is 1. The number of para-hydroxylation sites is 1. The van der Waals surface area contributed by atoms with Crippen molar-refractivity contribution in [3.05, 3.63) is 48.0 Å². The molecule has 1 atom stereocenters. The number of likely N-dealkylation sites (tertiary alicyclic amines) is 1. The number of hydrogen-bond acceptors (Lipinski definition) is 4. The minimum atomic E-state index is -0.471. The fourth-order valence-corrected chi connectivity index (χ4v) is 4.55. The topological polar surface area (TPSA) is 56.6 Å². The molecule has 1 amide bonds. The van der Waals surface area contributed by atoms with Gasteiger partial charge >= 0.3 is 0 Å². The van der Waals surface area contributed by atoms with E-state index in [1.807, 2.05) is 48.4 Å². The van der Waals surface area contributed by atoms with Crippen molar-refractivity contribution in [2.24, 2.45) is 0 Å². The van der Waals surface area contributed by atoms with Crippen LogP contribution in [0.2, 0.25) is 0 Å². The van der Waals surface area contributed by atoms with Crippen molar-refractivity contribution in [3.63, 3.8) is 0 Å². The van der Waals surface area contributed by atoms with Crippen LogP contribution in [0.5, 0.6) is 5.75 Å². The van der Waals surface area contributed by atoms with Gasteiger partial charge in [-0.3, -0.25) is 4.79 Å². The number of benzene rings is 1. The quantitative estimate of drug-likeness (QED) is 0.772. The van der Waals surface area contributed by atoms with Crippen LogP contribution in [0.25, 0.3) is 0 Å². The highest BCUT2D eigenvalue weighted by Gasteiger charge is 2.31. The fraction of sp³-hybridized carbons (Fsp3) is 0.565. The summed E-state index contributed by atoms with van der Waals surface area (Å²) in [6, 6.07) is 9.95. The number of ether oxygens (including phenoxy) is 2. The second kappa shape index (κ2) is 8.99. The Balaban J connectivity index is 1.37. The first-order chi connectivity index (χ1) is 14.1. The van der Waals surface area contributed by atoms with E-state index in [1.165, 1.54) is 11.5 Å². The number of carbonyl (C=O) groups excluding carboxylic acids is 1. The van der Waals surface area contributed by atoms with E-state index >= 15 is 0 Å². The Labute approximate surface area is 172 Å². The molecule has 2 aliphatic heterocycles. The highest BCUT2D eigenvalue weighted by molar-refractivity contribution is 5.81. The molecule has 1 aromatic heterocycles. The first kappa shape index (κ1) is 20.0. The van der Waals surface area contributed by atoms with Crippen molar-refractivity contribution < 1.29 is 14.3 Å². The summed E-state index contributed by atoms with van der Waals surface area (Å²) >= 11 is 0. The third-order valence-electron chi connectivity index (χ3n) is 6.14. The average Bonchev–Trinajstić information content (AvgIpc) is 3.16. The van der Waals surface area contributed by atoms with Crippen LogP contribution in [0.3, 0.4) is 0 Å². The van der Waals surface area contributed by atoms with Crippen molar-refractivity contribution in [3.8, 4) is 5.75 Å². The zero-order valence-electron chi connectivity index (χ0n) is 17.4. The third-order valence-corrected chi connectivity index (χ3v) is 6.14. The lowest BCUT2D eigenvalue weighted by Gasteiger charge is -2.36. The number of imidazole rings is 1. The Bertz CT molecular complexity index is 806. The Morgan fingerprint density at radius 2 is 1.83 bits per heavy atom. The minimum absolute atomic E-state index is 0.0688. The molecule has 0 bridgehead atoms. The van der Waals surface area contributed by atoms with E-state index in [9.17, 15) is 4.79 Å². The monoisotopic (exact) mass is 397 g/mol. The van der Waals surface area contributed by atoms with E-state index in [2.05, 4.69) is 11.5 Å². The zero-order valence-corrected chi connectivity index (χ0v) is 17.4. The van der Waals surface area contributed by atoms with Crippen molar-refractivity contribution in [2.45, 2.75) is 57.6 Å². The maximum absolute atomic E-state index is 12.8. The van der Waals surface area contributed by atoms with Crippen LogP contribution < -0.4 is 4.74 Å².